The highest BCUT2D eigenvalue weighted by Crippen LogP contribution is 2.29. The lowest BCUT2D eigenvalue weighted by Gasteiger charge is -2.14. The highest BCUT2D eigenvalue weighted by atomic mass is 16.5. The largest absolute Gasteiger partial charge is 0.493 e. The number of nitrogens with zero attached hydrogens (tertiary/aromatic N) is 2. The van der Waals surface area contributed by atoms with Crippen molar-refractivity contribution in [1.29, 1.82) is 0 Å². The summed E-state index contributed by atoms with van der Waals surface area (Å²) < 4.78 is 10.5. The Morgan fingerprint density at radius 2 is 2.13 bits per heavy atom. The first-order valence-electron chi connectivity index (χ1n) is 8.17. The van der Waals surface area contributed by atoms with Crippen LogP contribution in [0.3, 0.4) is 0 Å². The molecular weight excluding hydrogens is 292 g/mol. The minimum Gasteiger partial charge on any atom is -0.493 e. The van der Waals surface area contributed by atoms with Gasteiger partial charge >= 0.3 is 0 Å². The third-order valence-electron chi connectivity index (χ3n) is 4.09. The van der Waals surface area contributed by atoms with E-state index in [1.807, 2.05) is 18.2 Å². The minimum absolute atomic E-state index is 0.436. The van der Waals surface area contributed by atoms with Crippen LogP contribution in [-0.2, 0) is 0 Å². The van der Waals surface area contributed by atoms with Gasteiger partial charge in [-0.2, -0.15) is 0 Å². The predicted octanol–water partition coefficient (Wildman–Crippen LogP) is 2.16. The van der Waals surface area contributed by atoms with E-state index in [0.29, 0.717) is 23.4 Å². The van der Waals surface area contributed by atoms with Gasteiger partial charge in [0.15, 0.2) is 17.5 Å². The SMILES string of the molecule is CCCN1CCC(CN=C(N)Nc2ccc(OC)c(OC)c2)C1. The third kappa shape index (κ3) is 5.03. The maximum Gasteiger partial charge on any atom is 0.193 e. The van der Waals surface area contributed by atoms with Crippen molar-refractivity contribution in [3.05, 3.63) is 18.2 Å². The van der Waals surface area contributed by atoms with E-state index in [0.717, 1.165) is 18.8 Å². The Labute approximate surface area is 138 Å². The Balaban J connectivity index is 1.87. The van der Waals surface area contributed by atoms with Crippen LogP contribution in [0.15, 0.2) is 23.2 Å². The van der Waals surface area contributed by atoms with Gasteiger partial charge in [-0.3, -0.25) is 4.99 Å². The van der Waals surface area contributed by atoms with Gasteiger partial charge in [-0.05, 0) is 44.0 Å². The number of aliphatic imine (C=N–C) groups is 1. The summed E-state index contributed by atoms with van der Waals surface area (Å²) in [5.41, 5.74) is 6.83. The molecule has 1 saturated heterocycles. The van der Waals surface area contributed by atoms with Crippen molar-refractivity contribution in [2.24, 2.45) is 16.6 Å². The molecule has 1 aliphatic rings. The molecule has 0 bridgehead atoms. The summed E-state index contributed by atoms with van der Waals surface area (Å²) in [7, 11) is 3.23. The van der Waals surface area contributed by atoms with Crippen molar-refractivity contribution in [3.63, 3.8) is 0 Å². The van der Waals surface area contributed by atoms with Gasteiger partial charge in [0.05, 0.1) is 14.2 Å². The average Bonchev–Trinajstić information content (AvgIpc) is 3.01. The second kappa shape index (κ2) is 8.62. The Morgan fingerprint density at radius 3 is 2.83 bits per heavy atom. The first-order valence-corrected chi connectivity index (χ1v) is 8.17. The Kier molecular flexibility index (Phi) is 6.52. The molecule has 6 nitrogen and oxygen atoms in total. The molecule has 128 valence electrons. The minimum atomic E-state index is 0.436. The summed E-state index contributed by atoms with van der Waals surface area (Å²) in [5.74, 6) is 2.39. The topological polar surface area (TPSA) is 72.1 Å². The molecule has 0 aliphatic carbocycles. The fraction of sp³-hybridized carbons (Fsp3) is 0.588. The Bertz CT molecular complexity index is 533. The molecule has 1 aliphatic heterocycles. The molecule has 0 spiro atoms. The number of benzene rings is 1. The van der Waals surface area contributed by atoms with E-state index in [2.05, 4.69) is 22.1 Å². The lowest BCUT2D eigenvalue weighted by atomic mass is 10.1. The van der Waals surface area contributed by atoms with E-state index in [9.17, 15) is 0 Å². The van der Waals surface area contributed by atoms with E-state index in [1.165, 1.54) is 25.9 Å². The molecule has 1 aromatic carbocycles. The monoisotopic (exact) mass is 320 g/mol. The van der Waals surface area contributed by atoms with E-state index < -0.39 is 0 Å². The number of hydrogen-bond donors (Lipinski definition) is 2. The van der Waals surface area contributed by atoms with Crippen molar-refractivity contribution in [2.45, 2.75) is 19.8 Å². The lowest BCUT2D eigenvalue weighted by molar-refractivity contribution is 0.326. The number of anilines is 1. The summed E-state index contributed by atoms with van der Waals surface area (Å²) in [6.07, 6.45) is 2.41. The summed E-state index contributed by atoms with van der Waals surface area (Å²) in [6.45, 7) is 6.47. The quantitative estimate of drug-likeness (QED) is 0.595. The molecule has 2 rings (SSSR count). The van der Waals surface area contributed by atoms with Crippen LogP contribution in [-0.4, -0.2) is 51.3 Å². The molecule has 3 N–H and O–H groups in total. The second-order valence-electron chi connectivity index (χ2n) is 5.88. The van der Waals surface area contributed by atoms with Crippen LogP contribution in [0, 0.1) is 5.92 Å². The van der Waals surface area contributed by atoms with Gasteiger partial charge in [-0.25, -0.2) is 0 Å². The van der Waals surface area contributed by atoms with Gasteiger partial charge in [-0.15, -0.1) is 0 Å². The van der Waals surface area contributed by atoms with Crippen molar-refractivity contribution in [2.75, 3.05) is 45.7 Å². The summed E-state index contributed by atoms with van der Waals surface area (Å²) in [4.78, 5) is 6.98. The number of rotatable bonds is 7. The Morgan fingerprint density at radius 1 is 1.35 bits per heavy atom. The van der Waals surface area contributed by atoms with E-state index in [-0.39, 0.29) is 0 Å². The van der Waals surface area contributed by atoms with Crippen molar-refractivity contribution in [3.8, 4) is 11.5 Å². The molecule has 0 aromatic heterocycles. The van der Waals surface area contributed by atoms with Crippen LogP contribution in [0.1, 0.15) is 19.8 Å². The third-order valence-corrected chi connectivity index (χ3v) is 4.09. The van der Waals surface area contributed by atoms with Gasteiger partial charge in [0.2, 0.25) is 0 Å². The van der Waals surface area contributed by atoms with Gasteiger partial charge < -0.3 is 25.4 Å². The van der Waals surface area contributed by atoms with Gasteiger partial charge in [0.1, 0.15) is 0 Å². The normalized spacial score (nSPS) is 18.9. The lowest BCUT2D eigenvalue weighted by Crippen LogP contribution is -2.25. The fourth-order valence-electron chi connectivity index (χ4n) is 2.91. The molecule has 1 heterocycles. The number of likely N-dealkylation sites (tertiary alicyclic amines) is 1. The first-order chi connectivity index (χ1) is 11.2. The van der Waals surface area contributed by atoms with Crippen LogP contribution in [0.4, 0.5) is 5.69 Å². The van der Waals surface area contributed by atoms with Crippen LogP contribution in [0.5, 0.6) is 11.5 Å². The molecular formula is C17H28N4O2. The maximum atomic E-state index is 5.99. The summed E-state index contributed by atoms with van der Waals surface area (Å²) in [5, 5.41) is 3.11. The van der Waals surface area contributed by atoms with Gasteiger partial charge in [0, 0.05) is 24.8 Å². The molecule has 0 saturated carbocycles. The van der Waals surface area contributed by atoms with Crippen LogP contribution >= 0.6 is 0 Å². The highest BCUT2D eigenvalue weighted by Gasteiger charge is 2.21. The van der Waals surface area contributed by atoms with Gasteiger partial charge in [0.25, 0.3) is 0 Å². The number of guanidine groups is 1. The zero-order chi connectivity index (χ0) is 16.7. The maximum absolute atomic E-state index is 5.99. The molecule has 23 heavy (non-hydrogen) atoms. The number of ether oxygens (including phenoxy) is 2. The van der Waals surface area contributed by atoms with Crippen molar-refractivity contribution in [1.82, 2.24) is 4.90 Å². The molecule has 1 fully saturated rings. The standard InChI is InChI=1S/C17H28N4O2/c1-4-8-21-9-7-13(12-21)11-19-17(18)20-14-5-6-15(22-2)16(10-14)23-3/h5-6,10,13H,4,7-9,11-12H2,1-3H3,(H3,18,19,20). The number of nitrogens with two attached hydrogens (primary N) is 1. The van der Waals surface area contributed by atoms with E-state index in [1.54, 1.807) is 14.2 Å². The number of methoxy groups -OCH3 is 2. The molecule has 1 aromatic rings. The molecule has 0 amide bonds. The predicted molar refractivity (Wildman–Crippen MR) is 94.5 cm³/mol. The summed E-state index contributed by atoms with van der Waals surface area (Å²) in [6, 6.07) is 5.58. The molecule has 1 atom stereocenters. The zero-order valence-corrected chi connectivity index (χ0v) is 14.3. The fourth-order valence-corrected chi connectivity index (χ4v) is 2.91. The molecule has 6 heteroatoms. The van der Waals surface area contributed by atoms with Crippen LogP contribution < -0.4 is 20.5 Å². The van der Waals surface area contributed by atoms with E-state index >= 15 is 0 Å². The van der Waals surface area contributed by atoms with Gasteiger partial charge in [-0.1, -0.05) is 6.92 Å². The smallest absolute Gasteiger partial charge is 0.193 e. The van der Waals surface area contributed by atoms with E-state index in [4.69, 9.17) is 15.2 Å². The second-order valence-corrected chi connectivity index (χ2v) is 5.88. The molecule has 1 unspecified atom stereocenters. The van der Waals surface area contributed by atoms with Crippen molar-refractivity contribution < 1.29 is 9.47 Å². The van der Waals surface area contributed by atoms with Crippen LogP contribution in [0.25, 0.3) is 0 Å². The van der Waals surface area contributed by atoms with Crippen molar-refractivity contribution >= 4 is 11.6 Å². The average molecular weight is 320 g/mol. The number of hydrogen-bond acceptors (Lipinski definition) is 4. The number of nitrogens with one attached hydrogen (secondary N) is 1. The summed E-state index contributed by atoms with van der Waals surface area (Å²) >= 11 is 0. The van der Waals surface area contributed by atoms with Crippen LogP contribution in [0.2, 0.25) is 0 Å². The highest BCUT2D eigenvalue weighted by molar-refractivity contribution is 5.92. The zero-order valence-electron chi connectivity index (χ0n) is 14.3. The molecule has 0 radical (unpaired) electrons. The Hall–Kier alpha value is -1.95. The first kappa shape index (κ1) is 17.4.